The van der Waals surface area contributed by atoms with Crippen molar-refractivity contribution in [1.29, 1.82) is 0 Å². The standard InChI is InChI=1S/C13H12Cl2N2O3S2/c1-7(2)13-16-6-11(21-13)22(19,20)17-12(18)9-4-3-8(14)5-10(9)15/h3-7H,1-2H3,(H,17,18). The van der Waals surface area contributed by atoms with E-state index in [4.69, 9.17) is 23.2 Å². The van der Waals surface area contributed by atoms with Crippen LogP contribution in [0.5, 0.6) is 0 Å². The fourth-order valence-electron chi connectivity index (χ4n) is 1.56. The molecule has 1 aromatic carbocycles. The summed E-state index contributed by atoms with van der Waals surface area (Å²) >= 11 is 12.7. The number of amides is 1. The highest BCUT2D eigenvalue weighted by Gasteiger charge is 2.23. The predicted molar refractivity (Wildman–Crippen MR) is 87.3 cm³/mol. The lowest BCUT2D eigenvalue weighted by molar-refractivity contribution is 0.0981. The zero-order valence-electron chi connectivity index (χ0n) is 11.6. The number of sulfonamides is 1. The predicted octanol–water partition coefficient (Wildman–Crippen LogP) is 3.69. The molecule has 0 unspecified atom stereocenters. The Balaban J connectivity index is 2.25. The summed E-state index contributed by atoms with van der Waals surface area (Å²) in [5.74, 6) is -0.712. The largest absolute Gasteiger partial charge is 0.275 e. The van der Waals surface area contributed by atoms with Gasteiger partial charge in [-0.2, -0.15) is 0 Å². The van der Waals surface area contributed by atoms with Crippen molar-refractivity contribution in [2.24, 2.45) is 0 Å². The number of nitrogens with zero attached hydrogens (tertiary/aromatic N) is 1. The van der Waals surface area contributed by atoms with Crippen LogP contribution in [0.1, 0.15) is 35.1 Å². The lowest BCUT2D eigenvalue weighted by Gasteiger charge is -2.06. The van der Waals surface area contributed by atoms with E-state index in [2.05, 4.69) is 4.98 Å². The smallest absolute Gasteiger partial charge is 0.268 e. The van der Waals surface area contributed by atoms with Crippen LogP contribution in [0.3, 0.4) is 0 Å². The molecule has 2 rings (SSSR count). The maximum atomic E-state index is 12.2. The lowest BCUT2D eigenvalue weighted by atomic mass is 10.2. The van der Waals surface area contributed by atoms with Gasteiger partial charge in [0.15, 0.2) is 4.21 Å². The molecule has 1 aromatic heterocycles. The average molecular weight is 379 g/mol. The number of carbonyl (C=O) groups excluding carboxylic acids is 1. The number of benzene rings is 1. The molecule has 0 saturated heterocycles. The molecule has 5 nitrogen and oxygen atoms in total. The third-order valence-electron chi connectivity index (χ3n) is 2.66. The van der Waals surface area contributed by atoms with E-state index in [9.17, 15) is 13.2 Å². The van der Waals surface area contributed by atoms with Gasteiger partial charge in [0.2, 0.25) is 0 Å². The molecule has 1 heterocycles. The number of nitrogens with one attached hydrogen (secondary N) is 1. The minimum Gasteiger partial charge on any atom is -0.268 e. The van der Waals surface area contributed by atoms with Crippen LogP contribution in [0.25, 0.3) is 0 Å². The molecule has 9 heteroatoms. The molecule has 0 aliphatic carbocycles. The van der Waals surface area contributed by atoms with Crippen LogP contribution in [0, 0.1) is 0 Å². The average Bonchev–Trinajstić information content (AvgIpc) is 2.88. The summed E-state index contributed by atoms with van der Waals surface area (Å²) in [6, 6.07) is 4.19. The number of aromatic nitrogens is 1. The fraction of sp³-hybridized carbons (Fsp3) is 0.231. The molecule has 22 heavy (non-hydrogen) atoms. The van der Waals surface area contributed by atoms with Gasteiger partial charge in [0.05, 0.1) is 21.8 Å². The molecule has 1 amide bonds. The van der Waals surface area contributed by atoms with Gasteiger partial charge in [0.25, 0.3) is 15.9 Å². The van der Waals surface area contributed by atoms with Gasteiger partial charge < -0.3 is 0 Å². The van der Waals surface area contributed by atoms with Crippen molar-refractivity contribution in [3.63, 3.8) is 0 Å². The van der Waals surface area contributed by atoms with Crippen molar-refractivity contribution in [2.45, 2.75) is 24.0 Å². The zero-order chi connectivity index (χ0) is 16.5. The number of hydrogen-bond donors (Lipinski definition) is 1. The summed E-state index contributed by atoms with van der Waals surface area (Å²) in [6.07, 6.45) is 1.24. The van der Waals surface area contributed by atoms with Gasteiger partial charge in [-0.05, 0) is 18.2 Å². The van der Waals surface area contributed by atoms with E-state index >= 15 is 0 Å². The molecule has 118 valence electrons. The lowest BCUT2D eigenvalue weighted by Crippen LogP contribution is -2.30. The van der Waals surface area contributed by atoms with Crippen molar-refractivity contribution in [1.82, 2.24) is 9.71 Å². The second-order valence-electron chi connectivity index (χ2n) is 4.73. The summed E-state index contributed by atoms with van der Waals surface area (Å²) in [5.41, 5.74) is 0.0308. The van der Waals surface area contributed by atoms with Gasteiger partial charge in [-0.25, -0.2) is 18.1 Å². The van der Waals surface area contributed by atoms with E-state index in [0.29, 0.717) is 10.0 Å². The number of carbonyl (C=O) groups is 1. The Kier molecular flexibility index (Phi) is 5.11. The Morgan fingerprint density at radius 2 is 2.00 bits per heavy atom. The van der Waals surface area contributed by atoms with E-state index in [1.807, 2.05) is 18.6 Å². The SMILES string of the molecule is CC(C)c1ncc(S(=O)(=O)NC(=O)c2ccc(Cl)cc2Cl)s1. The van der Waals surface area contributed by atoms with E-state index in [0.717, 1.165) is 11.3 Å². The highest BCUT2D eigenvalue weighted by Crippen LogP contribution is 2.25. The fourth-order valence-corrected chi connectivity index (χ4v) is 4.18. The van der Waals surface area contributed by atoms with Crippen molar-refractivity contribution in [3.05, 3.63) is 45.0 Å². The van der Waals surface area contributed by atoms with Crippen LogP contribution in [0.4, 0.5) is 0 Å². The molecule has 0 radical (unpaired) electrons. The summed E-state index contributed by atoms with van der Waals surface area (Å²) in [7, 11) is -3.98. The quantitative estimate of drug-likeness (QED) is 0.879. The van der Waals surface area contributed by atoms with Crippen LogP contribution in [-0.2, 0) is 10.0 Å². The summed E-state index contributed by atoms with van der Waals surface area (Å²) in [6.45, 7) is 3.81. The molecule has 0 aliphatic heterocycles. The Hall–Kier alpha value is -1.15. The Bertz CT molecular complexity index is 816. The highest BCUT2D eigenvalue weighted by molar-refractivity contribution is 7.92. The van der Waals surface area contributed by atoms with Gasteiger partial charge >= 0.3 is 0 Å². The van der Waals surface area contributed by atoms with E-state index in [-0.39, 0.29) is 20.7 Å². The first kappa shape index (κ1) is 17.2. The van der Waals surface area contributed by atoms with Crippen molar-refractivity contribution in [3.8, 4) is 0 Å². The molecule has 0 atom stereocenters. The van der Waals surface area contributed by atoms with Gasteiger partial charge in [0.1, 0.15) is 0 Å². The molecular formula is C13H12Cl2N2O3S2. The van der Waals surface area contributed by atoms with Crippen LogP contribution in [0.15, 0.2) is 28.6 Å². The number of rotatable bonds is 4. The molecular weight excluding hydrogens is 367 g/mol. The normalized spacial score (nSPS) is 11.7. The Morgan fingerprint density at radius 3 is 2.55 bits per heavy atom. The number of thiazole rings is 1. The minimum atomic E-state index is -3.98. The third-order valence-corrected chi connectivity index (χ3v) is 6.30. The zero-order valence-corrected chi connectivity index (χ0v) is 14.8. The maximum Gasteiger partial charge on any atom is 0.275 e. The maximum absolute atomic E-state index is 12.2. The Morgan fingerprint density at radius 1 is 1.32 bits per heavy atom. The van der Waals surface area contributed by atoms with Crippen LogP contribution < -0.4 is 4.72 Å². The molecule has 2 aromatic rings. The van der Waals surface area contributed by atoms with Gasteiger partial charge in [-0.3, -0.25) is 4.79 Å². The summed E-state index contributed by atoms with van der Waals surface area (Å²) in [4.78, 5) is 16.1. The summed E-state index contributed by atoms with van der Waals surface area (Å²) in [5, 5.41) is 1.11. The van der Waals surface area contributed by atoms with Gasteiger partial charge in [-0.15, -0.1) is 11.3 Å². The molecule has 0 spiro atoms. The first-order valence-corrected chi connectivity index (χ1v) is 9.24. The Labute approximate surface area is 142 Å². The highest BCUT2D eigenvalue weighted by atomic mass is 35.5. The first-order valence-electron chi connectivity index (χ1n) is 6.18. The van der Waals surface area contributed by atoms with Crippen molar-refractivity contribution in [2.75, 3.05) is 0 Å². The second-order valence-corrected chi connectivity index (χ2v) is 8.55. The van der Waals surface area contributed by atoms with Crippen LogP contribution in [0.2, 0.25) is 10.0 Å². The second kappa shape index (κ2) is 6.54. The van der Waals surface area contributed by atoms with E-state index in [1.165, 1.54) is 24.4 Å². The third kappa shape index (κ3) is 3.78. The molecule has 1 N–H and O–H groups in total. The molecule has 0 fully saturated rings. The van der Waals surface area contributed by atoms with Crippen molar-refractivity contribution >= 4 is 50.5 Å². The monoisotopic (exact) mass is 378 g/mol. The topological polar surface area (TPSA) is 76.1 Å². The van der Waals surface area contributed by atoms with Gasteiger partial charge in [-0.1, -0.05) is 37.0 Å². The minimum absolute atomic E-state index is 0.0189. The first-order chi connectivity index (χ1) is 10.2. The van der Waals surface area contributed by atoms with E-state index < -0.39 is 15.9 Å². The summed E-state index contributed by atoms with van der Waals surface area (Å²) < 4.78 is 26.4. The van der Waals surface area contributed by atoms with Crippen LogP contribution in [-0.4, -0.2) is 19.3 Å². The van der Waals surface area contributed by atoms with Gasteiger partial charge in [0, 0.05) is 10.9 Å². The van der Waals surface area contributed by atoms with Crippen LogP contribution >= 0.6 is 34.5 Å². The molecule has 0 aliphatic rings. The number of hydrogen-bond acceptors (Lipinski definition) is 5. The molecule has 0 bridgehead atoms. The van der Waals surface area contributed by atoms with E-state index in [1.54, 1.807) is 0 Å². The number of halogens is 2. The van der Waals surface area contributed by atoms with Crippen molar-refractivity contribution < 1.29 is 13.2 Å². The molecule has 0 saturated carbocycles.